The van der Waals surface area contributed by atoms with Crippen LogP contribution in [-0.4, -0.2) is 33.0 Å². The fraction of sp³-hybridized carbons (Fsp3) is 0.154. The molecule has 0 aromatic heterocycles. The third-order valence-electron chi connectivity index (χ3n) is 5.59. The average molecular weight is 489 g/mol. The summed E-state index contributed by atoms with van der Waals surface area (Å²) in [6.07, 6.45) is 0.550. The number of rotatable bonds is 5. The fourth-order valence-electron chi connectivity index (χ4n) is 3.92. The number of halogens is 1. The molecule has 0 saturated carbocycles. The fourth-order valence-corrected chi connectivity index (χ4v) is 5.13. The van der Waals surface area contributed by atoms with Crippen molar-refractivity contribution in [2.45, 2.75) is 24.6 Å². The van der Waals surface area contributed by atoms with Crippen LogP contribution in [0, 0.1) is 0 Å². The Morgan fingerprint density at radius 1 is 1.09 bits per heavy atom. The molecule has 2 amide bonds. The molecule has 34 heavy (non-hydrogen) atoms. The highest BCUT2D eigenvalue weighted by Crippen LogP contribution is 2.38. The molecule has 1 N–H and O–H groups in total. The van der Waals surface area contributed by atoms with Crippen LogP contribution in [0.25, 0.3) is 0 Å². The second-order valence-electron chi connectivity index (χ2n) is 7.87. The highest BCUT2D eigenvalue weighted by molar-refractivity contribution is 8.15. The molecule has 0 fully saturated rings. The zero-order chi connectivity index (χ0) is 23.7. The number of nitrogens with one attached hydrogen (secondary N) is 1. The third kappa shape index (κ3) is 4.24. The van der Waals surface area contributed by atoms with Gasteiger partial charge in [0.05, 0.1) is 10.9 Å². The van der Waals surface area contributed by atoms with E-state index in [0.29, 0.717) is 28.1 Å². The zero-order valence-electron chi connectivity index (χ0n) is 18.3. The lowest BCUT2D eigenvalue weighted by Crippen LogP contribution is -2.41. The van der Waals surface area contributed by atoms with Crippen LogP contribution in [0.4, 0.5) is 11.4 Å². The zero-order valence-corrected chi connectivity index (χ0v) is 19.9. The number of carbonyl (C=O) groups is 2. The Balaban J connectivity index is 1.46. The van der Waals surface area contributed by atoms with Gasteiger partial charge in [-0.1, -0.05) is 78.8 Å². The van der Waals surface area contributed by atoms with Gasteiger partial charge in [0.2, 0.25) is 5.91 Å². The number of anilines is 1. The molecule has 0 spiro atoms. The van der Waals surface area contributed by atoms with E-state index in [1.165, 1.54) is 11.8 Å². The van der Waals surface area contributed by atoms with Crippen molar-refractivity contribution < 1.29 is 9.59 Å². The van der Waals surface area contributed by atoms with Crippen molar-refractivity contribution in [2.24, 2.45) is 9.98 Å². The van der Waals surface area contributed by atoms with Gasteiger partial charge in [-0.25, -0.2) is 14.9 Å². The number of amides is 2. The summed E-state index contributed by atoms with van der Waals surface area (Å²) in [5.74, 6) is 0.213. The summed E-state index contributed by atoms with van der Waals surface area (Å²) < 4.78 is 0. The first-order valence-electron chi connectivity index (χ1n) is 10.9. The van der Waals surface area contributed by atoms with Crippen LogP contribution in [0.2, 0.25) is 5.02 Å². The minimum absolute atomic E-state index is 0.174. The third-order valence-corrected chi connectivity index (χ3v) is 7.14. The van der Waals surface area contributed by atoms with Crippen molar-refractivity contribution in [3.05, 3.63) is 95.0 Å². The van der Waals surface area contributed by atoms with Gasteiger partial charge in [0.25, 0.3) is 5.91 Å². The molecule has 170 valence electrons. The van der Waals surface area contributed by atoms with Gasteiger partial charge >= 0.3 is 0 Å². The minimum Gasteiger partial charge on any atom is -0.325 e. The Labute approximate surface area is 206 Å². The van der Waals surface area contributed by atoms with E-state index in [4.69, 9.17) is 21.6 Å². The lowest BCUT2D eigenvalue weighted by molar-refractivity contribution is -0.124. The molecule has 0 bridgehead atoms. The molecule has 2 atom stereocenters. The number of hydrogen-bond acceptors (Lipinski definition) is 5. The lowest BCUT2D eigenvalue weighted by atomic mass is 10.1. The smallest absolute Gasteiger partial charge is 0.263 e. The number of benzene rings is 3. The SMILES string of the molecule is CC[C@@H](SC1=Nc2ccccc2C2=N[C@H](c3ccccc3)C(=O)N12)C(=O)Nc1cccc(Cl)c1. The number of para-hydroxylation sites is 1. The Kier molecular flexibility index (Phi) is 6.22. The van der Waals surface area contributed by atoms with Crippen molar-refractivity contribution in [2.75, 3.05) is 5.32 Å². The van der Waals surface area contributed by atoms with E-state index >= 15 is 0 Å². The van der Waals surface area contributed by atoms with E-state index in [-0.39, 0.29) is 11.8 Å². The summed E-state index contributed by atoms with van der Waals surface area (Å²) in [7, 11) is 0. The molecule has 2 aliphatic rings. The normalized spacial score (nSPS) is 17.4. The van der Waals surface area contributed by atoms with Crippen LogP contribution in [0.1, 0.15) is 30.5 Å². The van der Waals surface area contributed by atoms with Crippen molar-refractivity contribution in [1.29, 1.82) is 0 Å². The largest absolute Gasteiger partial charge is 0.325 e. The number of aliphatic imine (C=N–C) groups is 2. The van der Waals surface area contributed by atoms with Crippen molar-refractivity contribution in [3.63, 3.8) is 0 Å². The van der Waals surface area contributed by atoms with Crippen LogP contribution >= 0.6 is 23.4 Å². The predicted octanol–water partition coefficient (Wildman–Crippen LogP) is 5.82. The summed E-state index contributed by atoms with van der Waals surface area (Å²) in [6, 6.07) is 23.5. The van der Waals surface area contributed by atoms with Gasteiger partial charge in [-0.3, -0.25) is 9.59 Å². The molecule has 6 nitrogen and oxygen atoms in total. The molecule has 3 aromatic rings. The highest BCUT2D eigenvalue weighted by Gasteiger charge is 2.43. The number of amidine groups is 2. The van der Waals surface area contributed by atoms with Gasteiger partial charge in [-0.2, -0.15) is 0 Å². The molecule has 0 aliphatic carbocycles. The van der Waals surface area contributed by atoms with Gasteiger partial charge in [-0.15, -0.1) is 0 Å². The van der Waals surface area contributed by atoms with Crippen molar-refractivity contribution in [1.82, 2.24) is 4.90 Å². The molecule has 0 radical (unpaired) electrons. The first-order chi connectivity index (χ1) is 16.5. The maximum atomic E-state index is 13.5. The first-order valence-corrected chi connectivity index (χ1v) is 12.2. The predicted molar refractivity (Wildman–Crippen MR) is 138 cm³/mol. The van der Waals surface area contributed by atoms with Gasteiger partial charge < -0.3 is 5.32 Å². The van der Waals surface area contributed by atoms with Crippen LogP contribution in [0.15, 0.2) is 88.8 Å². The van der Waals surface area contributed by atoms with E-state index in [9.17, 15) is 9.59 Å². The number of thioether (sulfide) groups is 1. The Morgan fingerprint density at radius 2 is 1.85 bits per heavy atom. The Bertz CT molecular complexity index is 1330. The van der Waals surface area contributed by atoms with E-state index in [0.717, 1.165) is 16.8 Å². The topological polar surface area (TPSA) is 74.1 Å². The van der Waals surface area contributed by atoms with Crippen LogP contribution in [0.3, 0.4) is 0 Å². The number of carbonyl (C=O) groups excluding carboxylic acids is 2. The number of nitrogens with zero attached hydrogens (tertiary/aromatic N) is 3. The molecule has 8 heteroatoms. The van der Waals surface area contributed by atoms with Gasteiger partial charge in [0, 0.05) is 16.3 Å². The van der Waals surface area contributed by atoms with E-state index in [1.807, 2.05) is 61.5 Å². The Morgan fingerprint density at radius 3 is 2.62 bits per heavy atom. The summed E-state index contributed by atoms with van der Waals surface area (Å²) in [6.45, 7) is 1.93. The van der Waals surface area contributed by atoms with E-state index in [2.05, 4.69) is 5.32 Å². The van der Waals surface area contributed by atoms with Crippen LogP contribution in [-0.2, 0) is 9.59 Å². The van der Waals surface area contributed by atoms with Crippen LogP contribution in [0.5, 0.6) is 0 Å². The van der Waals surface area contributed by atoms with Crippen molar-refractivity contribution in [3.8, 4) is 0 Å². The lowest BCUT2D eigenvalue weighted by Gasteiger charge is -2.27. The number of fused-ring (bicyclic) bond motifs is 3. The summed E-state index contributed by atoms with van der Waals surface area (Å²) in [4.78, 5) is 37.7. The van der Waals surface area contributed by atoms with E-state index < -0.39 is 11.3 Å². The molecule has 2 heterocycles. The highest BCUT2D eigenvalue weighted by atomic mass is 35.5. The quantitative estimate of drug-likeness (QED) is 0.491. The van der Waals surface area contributed by atoms with Gasteiger partial charge in [-0.05, 0) is 42.3 Å². The van der Waals surface area contributed by atoms with Gasteiger partial charge in [0.1, 0.15) is 5.84 Å². The first kappa shape index (κ1) is 22.4. The second kappa shape index (κ2) is 9.44. The molecule has 0 saturated heterocycles. The monoisotopic (exact) mass is 488 g/mol. The minimum atomic E-state index is -0.645. The van der Waals surface area contributed by atoms with Crippen molar-refractivity contribution >= 4 is 57.6 Å². The molecule has 0 unspecified atom stereocenters. The van der Waals surface area contributed by atoms with Gasteiger partial charge in [0.15, 0.2) is 11.2 Å². The average Bonchev–Trinajstić information content (AvgIpc) is 3.20. The molecule has 2 aliphatic heterocycles. The molecule has 3 aromatic carbocycles. The maximum Gasteiger partial charge on any atom is 0.263 e. The molecular weight excluding hydrogens is 468 g/mol. The van der Waals surface area contributed by atoms with E-state index in [1.54, 1.807) is 29.2 Å². The number of hydrogen-bond donors (Lipinski definition) is 1. The maximum absolute atomic E-state index is 13.5. The Hall–Kier alpha value is -3.42. The standard InChI is InChI=1S/C26H21ClN4O2S/c1-2-21(24(32)28-18-12-8-11-17(27)15-18)34-26-29-20-14-7-6-13-19(20)23-30-22(25(33)31(23)26)16-9-4-3-5-10-16/h3-15,21-22H,2H2,1H3,(H,28,32)/t21-,22-/m1/s1. The molecule has 5 rings (SSSR count). The molecular formula is C26H21ClN4O2S. The second-order valence-corrected chi connectivity index (χ2v) is 9.47. The van der Waals surface area contributed by atoms with Crippen LogP contribution < -0.4 is 5.32 Å². The summed E-state index contributed by atoms with van der Waals surface area (Å²) in [5, 5.41) is 3.45. The summed E-state index contributed by atoms with van der Waals surface area (Å²) >= 11 is 7.32. The summed E-state index contributed by atoms with van der Waals surface area (Å²) in [5.41, 5.74) is 2.97.